The van der Waals surface area contributed by atoms with Crippen LogP contribution in [0.4, 0.5) is 0 Å². The van der Waals surface area contributed by atoms with Gasteiger partial charge >= 0.3 is 0 Å². The smallest absolute Gasteiger partial charge is 0.263 e. The molecule has 2 fully saturated rings. The monoisotopic (exact) mass is 474 g/mol. The molecule has 0 unspecified atom stereocenters. The zero-order valence-corrected chi connectivity index (χ0v) is 21.2. The van der Waals surface area contributed by atoms with Crippen LogP contribution in [0, 0.1) is 12.8 Å². The first-order valence-corrected chi connectivity index (χ1v) is 13.5. The Morgan fingerprint density at radius 3 is 2.37 bits per heavy atom. The van der Waals surface area contributed by atoms with Gasteiger partial charge in [0.15, 0.2) is 6.10 Å². The molecule has 5 heteroatoms. The molecule has 2 aromatic rings. The third-order valence-corrected chi connectivity index (χ3v) is 8.07. The molecule has 5 nitrogen and oxygen atoms in total. The molecule has 35 heavy (non-hydrogen) atoms. The van der Waals surface area contributed by atoms with Gasteiger partial charge in [0.05, 0.1) is 6.04 Å². The molecule has 2 amide bonds. The van der Waals surface area contributed by atoms with Crippen molar-refractivity contribution in [3.8, 4) is 5.75 Å². The van der Waals surface area contributed by atoms with E-state index in [-0.39, 0.29) is 17.9 Å². The lowest BCUT2D eigenvalue weighted by Gasteiger charge is -2.39. The molecule has 1 aliphatic carbocycles. The first kappa shape index (κ1) is 23.9. The van der Waals surface area contributed by atoms with Gasteiger partial charge in [0, 0.05) is 25.6 Å². The maximum atomic E-state index is 13.7. The van der Waals surface area contributed by atoms with E-state index in [0.29, 0.717) is 12.3 Å². The predicted octanol–water partition coefficient (Wildman–Crippen LogP) is 5.44. The van der Waals surface area contributed by atoms with Gasteiger partial charge in [0.1, 0.15) is 5.75 Å². The molecule has 2 atom stereocenters. The molecule has 5 rings (SSSR count). The number of hydrogen-bond acceptors (Lipinski definition) is 3. The van der Waals surface area contributed by atoms with Crippen LogP contribution in [-0.2, 0) is 16.0 Å². The molecule has 0 aromatic heterocycles. The SMILES string of the molecule is CC[C@@H](Oc1ccc2c(c1)[C@@H](c1ccc(C)cc1)N(C(=O)C1CCCC1)CC2)C(=O)N1CCCC1. The van der Waals surface area contributed by atoms with Crippen molar-refractivity contribution in [1.29, 1.82) is 0 Å². The second kappa shape index (κ2) is 10.4. The zero-order valence-electron chi connectivity index (χ0n) is 21.2. The minimum absolute atomic E-state index is 0.0934. The van der Waals surface area contributed by atoms with Gasteiger partial charge in [-0.05, 0) is 74.3 Å². The summed E-state index contributed by atoms with van der Waals surface area (Å²) in [5.41, 5.74) is 4.74. The highest BCUT2D eigenvalue weighted by Crippen LogP contribution is 2.40. The topological polar surface area (TPSA) is 49.9 Å². The van der Waals surface area contributed by atoms with Gasteiger partial charge < -0.3 is 14.5 Å². The summed E-state index contributed by atoms with van der Waals surface area (Å²) in [4.78, 5) is 30.7. The second-order valence-corrected chi connectivity index (χ2v) is 10.5. The Hall–Kier alpha value is -2.82. The van der Waals surface area contributed by atoms with Gasteiger partial charge in [-0.3, -0.25) is 9.59 Å². The fraction of sp³-hybridized carbons (Fsp3) is 0.533. The Morgan fingerprint density at radius 2 is 1.69 bits per heavy atom. The highest BCUT2D eigenvalue weighted by Gasteiger charge is 2.36. The normalized spacial score (nSPS) is 21.1. The van der Waals surface area contributed by atoms with Crippen LogP contribution in [0.3, 0.4) is 0 Å². The number of likely N-dealkylation sites (tertiary alicyclic amines) is 1. The molecule has 2 aliphatic heterocycles. The molecule has 2 aromatic carbocycles. The average Bonchev–Trinajstić information content (AvgIpc) is 3.61. The van der Waals surface area contributed by atoms with Crippen molar-refractivity contribution >= 4 is 11.8 Å². The third-order valence-electron chi connectivity index (χ3n) is 8.07. The van der Waals surface area contributed by atoms with E-state index in [1.54, 1.807) is 0 Å². The van der Waals surface area contributed by atoms with E-state index in [2.05, 4.69) is 48.2 Å². The van der Waals surface area contributed by atoms with Gasteiger partial charge in [-0.15, -0.1) is 0 Å². The van der Waals surface area contributed by atoms with Crippen molar-refractivity contribution < 1.29 is 14.3 Å². The van der Waals surface area contributed by atoms with Crippen molar-refractivity contribution in [3.63, 3.8) is 0 Å². The number of fused-ring (bicyclic) bond motifs is 1. The molecule has 0 radical (unpaired) electrons. The van der Waals surface area contributed by atoms with E-state index in [4.69, 9.17) is 4.74 Å². The number of carbonyl (C=O) groups excluding carboxylic acids is 2. The van der Waals surface area contributed by atoms with Crippen LogP contribution < -0.4 is 4.74 Å². The van der Waals surface area contributed by atoms with Crippen LogP contribution in [-0.4, -0.2) is 47.4 Å². The van der Waals surface area contributed by atoms with Gasteiger partial charge in [-0.25, -0.2) is 0 Å². The minimum Gasteiger partial charge on any atom is -0.481 e. The highest BCUT2D eigenvalue weighted by atomic mass is 16.5. The van der Waals surface area contributed by atoms with Crippen LogP contribution in [0.15, 0.2) is 42.5 Å². The van der Waals surface area contributed by atoms with Crippen LogP contribution >= 0.6 is 0 Å². The van der Waals surface area contributed by atoms with Crippen molar-refractivity contribution in [1.82, 2.24) is 9.80 Å². The van der Waals surface area contributed by atoms with Crippen molar-refractivity contribution in [2.24, 2.45) is 5.92 Å². The summed E-state index contributed by atoms with van der Waals surface area (Å²) in [7, 11) is 0. The van der Waals surface area contributed by atoms with Crippen molar-refractivity contribution in [2.75, 3.05) is 19.6 Å². The molecule has 1 saturated heterocycles. The van der Waals surface area contributed by atoms with E-state index < -0.39 is 6.10 Å². The number of ether oxygens (including phenoxy) is 1. The Kier molecular flexibility index (Phi) is 7.12. The Labute approximate surface area is 209 Å². The minimum atomic E-state index is -0.469. The Morgan fingerprint density at radius 1 is 0.971 bits per heavy atom. The molecule has 1 saturated carbocycles. The molecule has 0 N–H and O–H groups in total. The summed E-state index contributed by atoms with van der Waals surface area (Å²) in [6.45, 7) is 6.50. The summed E-state index contributed by atoms with van der Waals surface area (Å²) in [5.74, 6) is 1.25. The fourth-order valence-corrected chi connectivity index (χ4v) is 6.03. The average molecular weight is 475 g/mol. The number of hydrogen-bond donors (Lipinski definition) is 0. The lowest BCUT2D eigenvalue weighted by Crippen LogP contribution is -2.43. The molecule has 186 valence electrons. The molecular weight excluding hydrogens is 436 g/mol. The van der Waals surface area contributed by atoms with E-state index in [9.17, 15) is 9.59 Å². The van der Waals surface area contributed by atoms with Crippen LogP contribution in [0.2, 0.25) is 0 Å². The summed E-state index contributed by atoms with van der Waals surface area (Å²) in [5, 5.41) is 0. The van der Waals surface area contributed by atoms with E-state index in [1.165, 1.54) is 11.1 Å². The third kappa shape index (κ3) is 4.96. The van der Waals surface area contributed by atoms with Gasteiger partial charge in [0.25, 0.3) is 5.91 Å². The number of amides is 2. The molecular formula is C30H38N2O3. The van der Waals surface area contributed by atoms with Crippen LogP contribution in [0.1, 0.15) is 80.2 Å². The van der Waals surface area contributed by atoms with E-state index >= 15 is 0 Å². The molecule has 0 spiro atoms. The quantitative estimate of drug-likeness (QED) is 0.560. The van der Waals surface area contributed by atoms with Gasteiger partial charge in [-0.2, -0.15) is 0 Å². The van der Waals surface area contributed by atoms with E-state index in [0.717, 1.165) is 81.5 Å². The lowest BCUT2D eigenvalue weighted by molar-refractivity contribution is -0.138. The Balaban J connectivity index is 1.46. The maximum absolute atomic E-state index is 13.7. The number of carbonyl (C=O) groups is 2. The van der Waals surface area contributed by atoms with Crippen molar-refractivity contribution in [2.45, 2.75) is 77.4 Å². The summed E-state index contributed by atoms with van der Waals surface area (Å²) in [6.07, 6.45) is 7.47. The van der Waals surface area contributed by atoms with Gasteiger partial charge in [0.2, 0.25) is 5.91 Å². The number of rotatable bonds is 6. The Bertz CT molecular complexity index is 1050. The molecule has 0 bridgehead atoms. The first-order chi connectivity index (χ1) is 17.0. The molecule has 3 aliphatic rings. The standard InChI is InChI=1S/C30H38N2O3/c1-3-27(30(34)31-17-6-7-18-31)35-25-15-14-22-16-19-32(29(33)24-8-4-5-9-24)28(26(22)20-25)23-12-10-21(2)11-13-23/h10-15,20,24,27-28H,3-9,16-19H2,1-2H3/t27-,28-/m1/s1. The largest absolute Gasteiger partial charge is 0.481 e. The zero-order chi connectivity index (χ0) is 24.4. The summed E-state index contributed by atoms with van der Waals surface area (Å²) >= 11 is 0. The van der Waals surface area contributed by atoms with E-state index in [1.807, 2.05) is 17.9 Å². The molecule has 2 heterocycles. The highest BCUT2D eigenvalue weighted by molar-refractivity contribution is 5.82. The summed E-state index contributed by atoms with van der Waals surface area (Å²) in [6, 6.07) is 14.7. The van der Waals surface area contributed by atoms with Gasteiger partial charge in [-0.1, -0.05) is 55.7 Å². The first-order valence-electron chi connectivity index (χ1n) is 13.5. The van der Waals surface area contributed by atoms with Crippen LogP contribution in [0.25, 0.3) is 0 Å². The summed E-state index contributed by atoms with van der Waals surface area (Å²) < 4.78 is 6.31. The number of aryl methyl sites for hydroxylation is 1. The lowest BCUT2D eigenvalue weighted by atomic mass is 9.86. The fourth-order valence-electron chi connectivity index (χ4n) is 6.03. The second-order valence-electron chi connectivity index (χ2n) is 10.5. The number of nitrogens with zero attached hydrogens (tertiary/aromatic N) is 2. The number of benzene rings is 2. The maximum Gasteiger partial charge on any atom is 0.263 e. The van der Waals surface area contributed by atoms with Crippen molar-refractivity contribution in [3.05, 3.63) is 64.7 Å². The predicted molar refractivity (Wildman–Crippen MR) is 137 cm³/mol. The van der Waals surface area contributed by atoms with Crippen LogP contribution in [0.5, 0.6) is 5.75 Å².